The van der Waals surface area contributed by atoms with E-state index in [-0.39, 0.29) is 0 Å². The number of para-hydroxylation sites is 1. The summed E-state index contributed by atoms with van der Waals surface area (Å²) in [6.45, 7) is 7.12. The summed E-state index contributed by atoms with van der Waals surface area (Å²) in [6.07, 6.45) is 1.16. The molecule has 0 aromatic heterocycles. The van der Waals surface area contributed by atoms with Crippen LogP contribution in [-0.2, 0) is 0 Å². The van der Waals surface area contributed by atoms with E-state index in [4.69, 9.17) is 5.73 Å². The highest BCUT2D eigenvalue weighted by Crippen LogP contribution is 2.23. The van der Waals surface area contributed by atoms with Crippen LogP contribution in [0.1, 0.15) is 17.5 Å². The number of rotatable bonds is 4. The minimum atomic E-state index is 0.497. The van der Waals surface area contributed by atoms with Crippen LogP contribution in [0, 0.1) is 19.8 Å². The normalized spacial score (nSPS) is 18.0. The molecule has 4 nitrogen and oxygen atoms in total. The minimum absolute atomic E-state index is 0.497. The van der Waals surface area contributed by atoms with Crippen molar-refractivity contribution in [3.8, 4) is 0 Å². The van der Waals surface area contributed by atoms with E-state index in [0.717, 1.165) is 31.7 Å². The van der Waals surface area contributed by atoms with Crippen molar-refractivity contribution < 1.29 is 0 Å². The van der Waals surface area contributed by atoms with Gasteiger partial charge in [-0.2, -0.15) is 0 Å². The molecule has 0 saturated carbocycles. The average molecular weight is 322 g/mol. The maximum Gasteiger partial charge on any atom is 0.193 e. The predicted octanol–water partition coefficient (Wildman–Crippen LogP) is 3.56. The fraction of sp³-hybridized carbons (Fsp3) is 0.350. The van der Waals surface area contributed by atoms with Crippen molar-refractivity contribution in [2.45, 2.75) is 20.3 Å². The number of hydrogen-bond acceptors (Lipinski definition) is 2. The van der Waals surface area contributed by atoms with Gasteiger partial charge >= 0.3 is 0 Å². The second kappa shape index (κ2) is 7.39. The van der Waals surface area contributed by atoms with Crippen molar-refractivity contribution in [2.24, 2.45) is 16.6 Å². The molecular formula is C20H26N4. The van der Waals surface area contributed by atoms with Crippen LogP contribution in [0.5, 0.6) is 0 Å². The highest BCUT2D eigenvalue weighted by Gasteiger charge is 2.22. The second-order valence-corrected chi connectivity index (χ2v) is 6.59. The molecule has 3 N–H and O–H groups in total. The summed E-state index contributed by atoms with van der Waals surface area (Å²) in [6, 6.07) is 16.8. The zero-order valence-electron chi connectivity index (χ0n) is 14.5. The van der Waals surface area contributed by atoms with Crippen LogP contribution >= 0.6 is 0 Å². The van der Waals surface area contributed by atoms with Gasteiger partial charge in [-0.25, -0.2) is 0 Å². The fourth-order valence-electron chi connectivity index (χ4n) is 3.09. The molecule has 1 heterocycles. The van der Waals surface area contributed by atoms with Crippen molar-refractivity contribution in [1.82, 2.24) is 0 Å². The number of guanidine groups is 1. The van der Waals surface area contributed by atoms with Crippen molar-refractivity contribution in [1.29, 1.82) is 0 Å². The van der Waals surface area contributed by atoms with E-state index in [1.165, 1.54) is 16.8 Å². The van der Waals surface area contributed by atoms with Gasteiger partial charge in [-0.15, -0.1) is 0 Å². The third kappa shape index (κ3) is 4.07. The van der Waals surface area contributed by atoms with Crippen LogP contribution in [-0.4, -0.2) is 25.6 Å². The highest BCUT2D eigenvalue weighted by molar-refractivity contribution is 5.92. The number of anilines is 2. The average Bonchev–Trinajstić information content (AvgIpc) is 3.06. The first kappa shape index (κ1) is 16.4. The molecule has 0 spiro atoms. The molecule has 2 aromatic carbocycles. The van der Waals surface area contributed by atoms with Crippen LogP contribution in [0.4, 0.5) is 11.4 Å². The smallest absolute Gasteiger partial charge is 0.193 e. The Hall–Kier alpha value is -2.49. The predicted molar refractivity (Wildman–Crippen MR) is 103 cm³/mol. The van der Waals surface area contributed by atoms with Gasteiger partial charge in [0.2, 0.25) is 0 Å². The maximum atomic E-state index is 6.04. The molecule has 1 aliphatic rings. The first-order valence-electron chi connectivity index (χ1n) is 8.56. The van der Waals surface area contributed by atoms with Crippen LogP contribution in [0.15, 0.2) is 53.5 Å². The number of hydrogen-bond donors (Lipinski definition) is 2. The van der Waals surface area contributed by atoms with E-state index in [1.54, 1.807) is 0 Å². The first-order valence-corrected chi connectivity index (χ1v) is 8.56. The van der Waals surface area contributed by atoms with Gasteiger partial charge in [0.1, 0.15) is 0 Å². The van der Waals surface area contributed by atoms with Crippen molar-refractivity contribution in [3.05, 3.63) is 59.7 Å². The molecule has 1 fully saturated rings. The largest absolute Gasteiger partial charge is 0.371 e. The van der Waals surface area contributed by atoms with Gasteiger partial charge in [-0.05, 0) is 61.6 Å². The van der Waals surface area contributed by atoms with E-state index < -0.39 is 0 Å². The minimum Gasteiger partial charge on any atom is -0.371 e. The van der Waals surface area contributed by atoms with Gasteiger partial charge in [0.15, 0.2) is 5.96 Å². The summed E-state index contributed by atoms with van der Waals surface area (Å²) >= 11 is 0. The Morgan fingerprint density at radius 2 is 1.96 bits per heavy atom. The number of nitrogens with zero attached hydrogens (tertiary/aromatic N) is 2. The van der Waals surface area contributed by atoms with Crippen LogP contribution in [0.25, 0.3) is 0 Å². The Morgan fingerprint density at radius 3 is 2.71 bits per heavy atom. The summed E-state index contributed by atoms with van der Waals surface area (Å²) in [5, 5.41) is 3.19. The van der Waals surface area contributed by atoms with Crippen molar-refractivity contribution in [3.63, 3.8) is 0 Å². The van der Waals surface area contributed by atoms with Gasteiger partial charge in [0, 0.05) is 31.0 Å². The van der Waals surface area contributed by atoms with Gasteiger partial charge in [-0.1, -0.05) is 24.3 Å². The number of aliphatic imine (C=N–C) groups is 1. The summed E-state index contributed by atoms with van der Waals surface area (Å²) in [5.74, 6) is 1.06. The SMILES string of the molecule is Cc1ccc(NC(N)=NCC2CCN(c3ccccc3)C2)cc1C. The summed E-state index contributed by atoms with van der Waals surface area (Å²) < 4.78 is 0. The Kier molecular flexibility index (Phi) is 5.04. The van der Waals surface area contributed by atoms with E-state index >= 15 is 0 Å². The molecule has 2 aromatic rings. The number of nitrogens with one attached hydrogen (secondary N) is 1. The number of aryl methyl sites for hydroxylation is 2. The lowest BCUT2D eigenvalue weighted by molar-refractivity contribution is 0.603. The summed E-state index contributed by atoms with van der Waals surface area (Å²) in [5.41, 5.74) is 10.9. The van der Waals surface area contributed by atoms with Gasteiger partial charge in [-0.3, -0.25) is 4.99 Å². The molecule has 3 rings (SSSR count). The monoisotopic (exact) mass is 322 g/mol. The van der Waals surface area contributed by atoms with E-state index in [9.17, 15) is 0 Å². The third-order valence-electron chi connectivity index (χ3n) is 4.71. The van der Waals surface area contributed by atoms with E-state index in [0.29, 0.717) is 11.9 Å². The molecule has 1 unspecified atom stereocenters. The van der Waals surface area contributed by atoms with Crippen LogP contribution in [0.3, 0.4) is 0 Å². The molecular weight excluding hydrogens is 296 g/mol. The summed E-state index contributed by atoms with van der Waals surface area (Å²) in [7, 11) is 0. The van der Waals surface area contributed by atoms with E-state index in [2.05, 4.69) is 71.5 Å². The van der Waals surface area contributed by atoms with Crippen LogP contribution in [0.2, 0.25) is 0 Å². The summed E-state index contributed by atoms with van der Waals surface area (Å²) in [4.78, 5) is 6.96. The number of nitrogens with two attached hydrogens (primary N) is 1. The van der Waals surface area contributed by atoms with Gasteiger partial charge in [0.05, 0.1) is 0 Å². The van der Waals surface area contributed by atoms with Crippen molar-refractivity contribution in [2.75, 3.05) is 29.9 Å². The lowest BCUT2D eigenvalue weighted by atomic mass is 10.1. The van der Waals surface area contributed by atoms with Crippen molar-refractivity contribution >= 4 is 17.3 Å². The molecule has 0 radical (unpaired) electrons. The topological polar surface area (TPSA) is 53.6 Å². The molecule has 0 amide bonds. The third-order valence-corrected chi connectivity index (χ3v) is 4.71. The standard InChI is InChI=1S/C20H26N4/c1-15-8-9-18(12-16(15)2)23-20(21)22-13-17-10-11-24(14-17)19-6-4-3-5-7-19/h3-9,12,17H,10-11,13-14H2,1-2H3,(H3,21,22,23). The lowest BCUT2D eigenvalue weighted by Gasteiger charge is -2.18. The van der Waals surface area contributed by atoms with Gasteiger partial charge < -0.3 is 16.0 Å². The maximum absolute atomic E-state index is 6.04. The van der Waals surface area contributed by atoms with E-state index in [1.807, 2.05) is 6.07 Å². The number of benzene rings is 2. The molecule has 1 atom stereocenters. The molecule has 0 aliphatic carbocycles. The first-order chi connectivity index (χ1) is 11.6. The molecule has 1 aliphatic heterocycles. The Labute approximate surface area is 144 Å². The van der Waals surface area contributed by atoms with Gasteiger partial charge in [0.25, 0.3) is 0 Å². The molecule has 0 bridgehead atoms. The lowest BCUT2D eigenvalue weighted by Crippen LogP contribution is -2.25. The Morgan fingerprint density at radius 1 is 1.17 bits per heavy atom. The zero-order chi connectivity index (χ0) is 16.9. The quantitative estimate of drug-likeness (QED) is 0.668. The van der Waals surface area contributed by atoms with Crippen LogP contribution < -0.4 is 16.0 Å². The molecule has 1 saturated heterocycles. The molecule has 24 heavy (non-hydrogen) atoms. The molecule has 4 heteroatoms. The Bertz CT molecular complexity index is 709. The Balaban J connectivity index is 1.53. The second-order valence-electron chi connectivity index (χ2n) is 6.59. The fourth-order valence-corrected chi connectivity index (χ4v) is 3.09. The zero-order valence-corrected chi connectivity index (χ0v) is 14.5. The molecule has 126 valence electrons. The highest BCUT2D eigenvalue weighted by atomic mass is 15.2.